The minimum Gasteiger partial charge on any atom is -0.453 e. The maximum Gasteiger partial charge on any atom is 0.274 e. The van der Waals surface area contributed by atoms with Crippen molar-refractivity contribution < 1.29 is 13.9 Å². The minimum absolute atomic E-state index is 0.0521. The second-order valence-electron chi connectivity index (χ2n) is 8.40. The average Bonchev–Trinajstić information content (AvgIpc) is 3.64. The number of fused-ring (bicyclic) bond motifs is 1. The van der Waals surface area contributed by atoms with Crippen LogP contribution >= 0.6 is 34.8 Å². The predicted molar refractivity (Wildman–Crippen MR) is 134 cm³/mol. The lowest BCUT2D eigenvalue weighted by molar-refractivity contribution is 0.0931. The third-order valence-corrected chi connectivity index (χ3v) is 6.81. The van der Waals surface area contributed by atoms with E-state index in [9.17, 15) is 9.18 Å². The smallest absolute Gasteiger partial charge is 0.274 e. The monoisotopic (exact) mass is 532 g/mol. The Morgan fingerprint density at radius 2 is 2.03 bits per heavy atom. The molecule has 10 heteroatoms. The molecule has 6 nitrogen and oxygen atoms in total. The minimum atomic E-state index is -1.55. The number of rotatable bonds is 7. The first-order chi connectivity index (χ1) is 16.8. The lowest BCUT2D eigenvalue weighted by atomic mass is 10.1. The van der Waals surface area contributed by atoms with Crippen LogP contribution < -0.4 is 10.1 Å². The molecule has 0 aliphatic heterocycles. The van der Waals surface area contributed by atoms with Crippen molar-refractivity contribution >= 4 is 46.4 Å². The summed E-state index contributed by atoms with van der Waals surface area (Å²) in [6, 6.07) is 12.2. The number of carbonyl (C=O) groups is 1. The summed E-state index contributed by atoms with van der Waals surface area (Å²) in [5.41, 5.74) is 2.25. The number of ether oxygens (including phenoxy) is 1. The lowest BCUT2D eigenvalue weighted by Crippen LogP contribution is -2.29. The van der Waals surface area contributed by atoms with Gasteiger partial charge in [-0.3, -0.25) is 4.79 Å². The van der Waals surface area contributed by atoms with Gasteiger partial charge in [-0.2, -0.15) is 5.10 Å². The van der Waals surface area contributed by atoms with Crippen molar-refractivity contribution in [1.82, 2.24) is 19.9 Å². The van der Waals surface area contributed by atoms with E-state index in [1.165, 1.54) is 28.4 Å². The number of aryl methyl sites for hydroxylation is 1. The number of amides is 1. The Balaban J connectivity index is 1.45. The first kappa shape index (κ1) is 23.9. The molecule has 0 saturated heterocycles. The SMILES string of the molecule is Cc1nn2c(C(=O)NCC(F)c3ccc(Cl)cc3Cl)c(Oc3cccc(C4CC4)c3)cnc2c1Cl. The fourth-order valence-electron chi connectivity index (χ4n) is 3.84. The Bertz CT molecular complexity index is 1440. The van der Waals surface area contributed by atoms with Gasteiger partial charge in [0.1, 0.15) is 16.9 Å². The zero-order valence-electron chi connectivity index (χ0n) is 18.6. The Hall–Kier alpha value is -2.87. The number of carbonyl (C=O) groups excluding carboxylic acids is 1. The number of nitrogens with one attached hydrogen (secondary N) is 1. The molecule has 1 aliphatic rings. The van der Waals surface area contributed by atoms with Gasteiger partial charge in [-0.25, -0.2) is 13.9 Å². The summed E-state index contributed by atoms with van der Waals surface area (Å²) in [6.45, 7) is 1.38. The molecule has 1 amide bonds. The first-order valence-corrected chi connectivity index (χ1v) is 12.1. The molecule has 2 heterocycles. The number of hydrogen-bond donors (Lipinski definition) is 1. The molecule has 1 N–H and O–H groups in total. The van der Waals surface area contributed by atoms with Gasteiger partial charge >= 0.3 is 0 Å². The van der Waals surface area contributed by atoms with Crippen molar-refractivity contribution in [2.45, 2.75) is 31.9 Å². The lowest BCUT2D eigenvalue weighted by Gasteiger charge is -2.15. The van der Waals surface area contributed by atoms with E-state index in [0.29, 0.717) is 33.1 Å². The van der Waals surface area contributed by atoms with E-state index in [-0.39, 0.29) is 28.6 Å². The quantitative estimate of drug-likeness (QED) is 0.275. The van der Waals surface area contributed by atoms with E-state index >= 15 is 0 Å². The van der Waals surface area contributed by atoms with Gasteiger partial charge in [-0.05, 0) is 55.5 Å². The zero-order valence-corrected chi connectivity index (χ0v) is 20.8. The third-order valence-electron chi connectivity index (χ3n) is 5.81. The van der Waals surface area contributed by atoms with Gasteiger partial charge in [0.15, 0.2) is 17.1 Å². The molecular formula is C25H20Cl3FN4O2. The molecule has 0 radical (unpaired) electrons. The number of aromatic nitrogens is 3. The average molecular weight is 534 g/mol. The van der Waals surface area contributed by atoms with Crippen LogP contribution in [0, 0.1) is 6.92 Å². The molecule has 1 atom stereocenters. The van der Waals surface area contributed by atoms with Gasteiger partial charge < -0.3 is 10.1 Å². The van der Waals surface area contributed by atoms with Crippen LogP contribution in [0.4, 0.5) is 4.39 Å². The number of alkyl halides is 1. The summed E-state index contributed by atoms with van der Waals surface area (Å²) in [5.74, 6) is 0.672. The highest BCUT2D eigenvalue weighted by Crippen LogP contribution is 2.41. The van der Waals surface area contributed by atoms with E-state index < -0.39 is 12.1 Å². The van der Waals surface area contributed by atoms with Crippen molar-refractivity contribution in [2.24, 2.45) is 0 Å². The second kappa shape index (κ2) is 9.64. The summed E-state index contributed by atoms with van der Waals surface area (Å²) in [4.78, 5) is 17.6. The molecule has 1 saturated carbocycles. The van der Waals surface area contributed by atoms with E-state index in [0.717, 1.165) is 12.8 Å². The summed E-state index contributed by atoms with van der Waals surface area (Å²) >= 11 is 18.3. The van der Waals surface area contributed by atoms with Crippen LogP contribution in [0.1, 0.15) is 52.2 Å². The van der Waals surface area contributed by atoms with Crippen molar-refractivity contribution in [3.63, 3.8) is 0 Å². The van der Waals surface area contributed by atoms with Crippen LogP contribution in [0.2, 0.25) is 15.1 Å². The van der Waals surface area contributed by atoms with Gasteiger partial charge in [-0.15, -0.1) is 0 Å². The molecule has 1 aliphatic carbocycles. The fraction of sp³-hybridized carbons (Fsp3) is 0.240. The molecule has 2 aromatic heterocycles. The maximum absolute atomic E-state index is 14.9. The highest BCUT2D eigenvalue weighted by molar-refractivity contribution is 6.35. The molecule has 2 aromatic carbocycles. The van der Waals surface area contributed by atoms with Crippen LogP contribution in [-0.2, 0) is 0 Å². The molecule has 0 spiro atoms. The van der Waals surface area contributed by atoms with Gasteiger partial charge in [0.25, 0.3) is 5.91 Å². The largest absolute Gasteiger partial charge is 0.453 e. The van der Waals surface area contributed by atoms with Crippen LogP contribution in [0.5, 0.6) is 11.5 Å². The first-order valence-electron chi connectivity index (χ1n) is 11.0. The van der Waals surface area contributed by atoms with E-state index in [4.69, 9.17) is 39.5 Å². The highest BCUT2D eigenvalue weighted by Gasteiger charge is 2.26. The zero-order chi connectivity index (χ0) is 24.7. The van der Waals surface area contributed by atoms with Crippen LogP contribution in [0.3, 0.4) is 0 Å². The summed E-state index contributed by atoms with van der Waals surface area (Å²) in [6.07, 6.45) is 2.17. The fourth-order valence-corrected chi connectivity index (χ4v) is 4.53. The summed E-state index contributed by atoms with van der Waals surface area (Å²) < 4.78 is 22.3. The molecular weight excluding hydrogens is 514 g/mol. The molecule has 0 bridgehead atoms. The van der Waals surface area contributed by atoms with Gasteiger partial charge in [-0.1, -0.05) is 53.0 Å². The van der Waals surface area contributed by atoms with Crippen molar-refractivity contribution in [3.05, 3.63) is 86.2 Å². The van der Waals surface area contributed by atoms with Gasteiger partial charge in [0, 0.05) is 15.6 Å². The molecule has 180 valence electrons. The molecule has 1 fully saturated rings. The molecule has 1 unspecified atom stereocenters. The van der Waals surface area contributed by atoms with Gasteiger partial charge in [0.2, 0.25) is 0 Å². The standard InChI is InChI=1S/C25H20Cl3FN4O2/c1-13-22(28)24-30-12-21(35-17-4-2-3-15(9-17)14-5-6-14)23(33(24)32-13)25(34)31-11-20(29)18-8-7-16(26)10-19(18)27/h2-4,7-10,12,14,20H,5-6,11H2,1H3,(H,31,34). The van der Waals surface area contributed by atoms with Crippen molar-refractivity contribution in [1.29, 1.82) is 0 Å². The van der Waals surface area contributed by atoms with E-state index in [1.807, 2.05) is 12.1 Å². The third kappa shape index (κ3) is 4.94. The topological polar surface area (TPSA) is 68.5 Å². The normalized spacial score (nSPS) is 14.2. The van der Waals surface area contributed by atoms with Crippen molar-refractivity contribution in [3.8, 4) is 11.5 Å². The molecule has 4 aromatic rings. The highest BCUT2D eigenvalue weighted by atomic mass is 35.5. The van der Waals surface area contributed by atoms with Crippen LogP contribution in [-0.4, -0.2) is 27.0 Å². The Kier molecular flexibility index (Phi) is 6.57. The number of hydrogen-bond acceptors (Lipinski definition) is 4. The summed E-state index contributed by atoms with van der Waals surface area (Å²) in [7, 11) is 0. The Morgan fingerprint density at radius 1 is 1.23 bits per heavy atom. The number of nitrogens with zero attached hydrogens (tertiary/aromatic N) is 3. The van der Waals surface area contributed by atoms with Crippen LogP contribution in [0.15, 0.2) is 48.7 Å². The predicted octanol–water partition coefficient (Wildman–Crippen LogP) is 7.11. The second-order valence-corrected chi connectivity index (χ2v) is 9.62. The Morgan fingerprint density at radius 3 is 2.77 bits per heavy atom. The van der Waals surface area contributed by atoms with Gasteiger partial charge in [0.05, 0.1) is 18.4 Å². The molecule has 35 heavy (non-hydrogen) atoms. The maximum atomic E-state index is 14.9. The Labute approximate surface area is 216 Å². The van der Waals surface area contributed by atoms with Crippen LogP contribution in [0.25, 0.3) is 5.65 Å². The number of halogens is 4. The summed E-state index contributed by atoms with van der Waals surface area (Å²) in [5, 5.41) is 7.85. The van der Waals surface area contributed by atoms with Crippen molar-refractivity contribution in [2.75, 3.05) is 6.54 Å². The number of benzene rings is 2. The van der Waals surface area contributed by atoms with E-state index in [2.05, 4.69) is 21.5 Å². The molecule has 5 rings (SSSR count). The van der Waals surface area contributed by atoms with E-state index in [1.54, 1.807) is 19.1 Å².